The maximum absolute atomic E-state index is 12.8. The van der Waals surface area contributed by atoms with E-state index in [1.807, 2.05) is 0 Å². The van der Waals surface area contributed by atoms with E-state index in [2.05, 4.69) is 4.98 Å². The van der Waals surface area contributed by atoms with Crippen molar-refractivity contribution >= 4 is 22.5 Å². The summed E-state index contributed by atoms with van der Waals surface area (Å²) < 4.78 is 37.1. The van der Waals surface area contributed by atoms with Gasteiger partial charge in [-0.1, -0.05) is 0 Å². The molecule has 0 atom stereocenters. The molecule has 0 unspecified atom stereocenters. The summed E-state index contributed by atoms with van der Waals surface area (Å²) in [7, 11) is 0. The summed E-state index contributed by atoms with van der Waals surface area (Å²) in [6.45, 7) is 0. The topological polar surface area (TPSA) is 56.0 Å². The standard InChI is InChI=1S/C7H4ClF3N2O/c8-5(14)2-1-3(12)4(6(9)10)13-7(2)11/h1,6H,12H2. The van der Waals surface area contributed by atoms with Crippen molar-refractivity contribution in [3.8, 4) is 0 Å². The zero-order chi connectivity index (χ0) is 10.9. The van der Waals surface area contributed by atoms with Crippen molar-refractivity contribution in [2.45, 2.75) is 6.43 Å². The molecular weight excluding hydrogens is 221 g/mol. The van der Waals surface area contributed by atoms with Gasteiger partial charge in [-0.2, -0.15) is 4.39 Å². The maximum Gasteiger partial charge on any atom is 0.282 e. The first-order valence-corrected chi connectivity index (χ1v) is 3.75. The molecule has 3 nitrogen and oxygen atoms in total. The number of nitrogens with two attached hydrogens (primary N) is 1. The summed E-state index contributed by atoms with van der Waals surface area (Å²) in [5.41, 5.74) is 3.13. The van der Waals surface area contributed by atoms with Crippen molar-refractivity contribution in [3.63, 3.8) is 0 Å². The van der Waals surface area contributed by atoms with E-state index in [-0.39, 0.29) is 0 Å². The summed E-state index contributed by atoms with van der Waals surface area (Å²) in [6, 6.07) is 0.735. The van der Waals surface area contributed by atoms with E-state index in [1.54, 1.807) is 0 Å². The van der Waals surface area contributed by atoms with Crippen LogP contribution in [0.5, 0.6) is 0 Å². The summed E-state index contributed by atoms with van der Waals surface area (Å²) in [6.07, 6.45) is -3.00. The molecule has 0 aromatic carbocycles. The minimum atomic E-state index is -3.00. The average molecular weight is 225 g/mol. The molecule has 7 heteroatoms. The second-order valence-electron chi connectivity index (χ2n) is 2.38. The third-order valence-corrected chi connectivity index (χ3v) is 1.66. The van der Waals surface area contributed by atoms with E-state index in [9.17, 15) is 18.0 Å². The van der Waals surface area contributed by atoms with Crippen LogP contribution in [0.2, 0.25) is 0 Å². The monoisotopic (exact) mass is 224 g/mol. The lowest BCUT2D eigenvalue weighted by Crippen LogP contribution is -2.06. The van der Waals surface area contributed by atoms with Crippen LogP contribution in [0.25, 0.3) is 0 Å². The van der Waals surface area contributed by atoms with Gasteiger partial charge in [0, 0.05) is 0 Å². The molecule has 0 radical (unpaired) electrons. The first-order valence-electron chi connectivity index (χ1n) is 3.37. The quantitative estimate of drug-likeness (QED) is 0.618. The Morgan fingerprint density at radius 3 is 2.57 bits per heavy atom. The van der Waals surface area contributed by atoms with Crippen molar-refractivity contribution in [1.82, 2.24) is 4.98 Å². The van der Waals surface area contributed by atoms with E-state index >= 15 is 0 Å². The van der Waals surface area contributed by atoms with Gasteiger partial charge in [-0.05, 0) is 17.7 Å². The summed E-state index contributed by atoms with van der Waals surface area (Å²) in [5.74, 6) is -1.35. The van der Waals surface area contributed by atoms with E-state index in [4.69, 9.17) is 17.3 Å². The number of hydrogen-bond donors (Lipinski definition) is 1. The van der Waals surface area contributed by atoms with E-state index in [1.165, 1.54) is 0 Å². The molecule has 1 heterocycles. The van der Waals surface area contributed by atoms with Crippen LogP contribution >= 0.6 is 11.6 Å². The van der Waals surface area contributed by atoms with Gasteiger partial charge in [0.1, 0.15) is 5.69 Å². The van der Waals surface area contributed by atoms with Crippen molar-refractivity contribution < 1.29 is 18.0 Å². The first kappa shape index (κ1) is 10.8. The SMILES string of the molecule is Nc1cc(C(=O)Cl)c(F)nc1C(F)F. The fourth-order valence-corrected chi connectivity index (χ4v) is 0.965. The van der Waals surface area contributed by atoms with Crippen LogP contribution in [0.3, 0.4) is 0 Å². The highest BCUT2D eigenvalue weighted by Gasteiger charge is 2.19. The highest BCUT2D eigenvalue weighted by molar-refractivity contribution is 6.67. The van der Waals surface area contributed by atoms with Gasteiger partial charge < -0.3 is 5.73 Å². The fraction of sp³-hybridized carbons (Fsp3) is 0.143. The van der Waals surface area contributed by atoms with Gasteiger partial charge in [0.15, 0.2) is 0 Å². The Morgan fingerprint density at radius 1 is 1.57 bits per heavy atom. The van der Waals surface area contributed by atoms with Crippen molar-refractivity contribution in [3.05, 3.63) is 23.3 Å². The number of nitrogen functional groups attached to an aromatic ring is 1. The number of nitrogens with zero attached hydrogens (tertiary/aromatic N) is 1. The fourth-order valence-electron chi connectivity index (χ4n) is 0.832. The van der Waals surface area contributed by atoms with Gasteiger partial charge in [-0.3, -0.25) is 4.79 Å². The molecule has 0 bridgehead atoms. The van der Waals surface area contributed by atoms with Crippen molar-refractivity contribution in [1.29, 1.82) is 0 Å². The largest absolute Gasteiger partial charge is 0.397 e. The second-order valence-corrected chi connectivity index (χ2v) is 2.72. The van der Waals surface area contributed by atoms with Gasteiger partial charge in [0.25, 0.3) is 11.7 Å². The van der Waals surface area contributed by atoms with Crippen LogP contribution in [-0.4, -0.2) is 10.2 Å². The molecule has 0 spiro atoms. The average Bonchev–Trinajstić information content (AvgIpc) is 2.07. The first-order chi connectivity index (χ1) is 6.43. The lowest BCUT2D eigenvalue weighted by atomic mass is 10.2. The molecule has 1 aromatic rings. The highest BCUT2D eigenvalue weighted by Crippen LogP contribution is 2.25. The van der Waals surface area contributed by atoms with Gasteiger partial charge in [-0.15, -0.1) is 0 Å². The molecule has 76 valence electrons. The molecule has 0 saturated heterocycles. The zero-order valence-corrected chi connectivity index (χ0v) is 7.36. The minimum Gasteiger partial charge on any atom is -0.397 e. The summed E-state index contributed by atoms with van der Waals surface area (Å²) in [4.78, 5) is 13.4. The Kier molecular flexibility index (Phi) is 2.95. The number of carbonyl (C=O) groups is 1. The van der Waals surface area contributed by atoms with Crippen LogP contribution in [0.4, 0.5) is 18.9 Å². The lowest BCUT2D eigenvalue weighted by molar-refractivity contribution is 0.107. The lowest BCUT2D eigenvalue weighted by Gasteiger charge is -2.05. The number of carbonyl (C=O) groups excluding carboxylic acids is 1. The van der Waals surface area contributed by atoms with Gasteiger partial charge in [-0.25, -0.2) is 13.8 Å². The van der Waals surface area contributed by atoms with Crippen LogP contribution in [0.15, 0.2) is 6.07 Å². The molecule has 0 aliphatic carbocycles. The molecule has 1 rings (SSSR count). The number of aromatic nitrogens is 1. The Hall–Kier alpha value is -1.30. The van der Waals surface area contributed by atoms with Crippen LogP contribution in [-0.2, 0) is 0 Å². The van der Waals surface area contributed by atoms with Crippen molar-refractivity contribution in [2.24, 2.45) is 0 Å². The molecule has 1 aromatic heterocycles. The Balaban J connectivity index is 3.31. The third-order valence-electron chi connectivity index (χ3n) is 1.45. The van der Waals surface area contributed by atoms with Gasteiger partial charge in [0.2, 0.25) is 5.95 Å². The summed E-state index contributed by atoms with van der Waals surface area (Å²) >= 11 is 4.95. The predicted molar refractivity (Wildman–Crippen MR) is 43.7 cm³/mol. The molecule has 0 amide bonds. The number of rotatable bonds is 2. The van der Waals surface area contributed by atoms with Crippen LogP contribution < -0.4 is 5.73 Å². The molecular formula is C7H4ClF3N2O. The van der Waals surface area contributed by atoms with Gasteiger partial charge >= 0.3 is 0 Å². The molecule has 0 aliphatic rings. The number of hydrogen-bond acceptors (Lipinski definition) is 3. The third kappa shape index (κ3) is 1.95. The summed E-state index contributed by atoms with van der Waals surface area (Å²) in [5, 5.41) is -1.14. The Bertz CT molecular complexity index is 383. The zero-order valence-electron chi connectivity index (χ0n) is 6.60. The second kappa shape index (κ2) is 3.83. The maximum atomic E-state index is 12.8. The molecule has 0 fully saturated rings. The number of pyridine rings is 1. The normalized spacial score (nSPS) is 10.6. The smallest absolute Gasteiger partial charge is 0.282 e. The molecule has 14 heavy (non-hydrogen) atoms. The molecule has 0 aliphatic heterocycles. The number of halogens is 4. The predicted octanol–water partition coefficient (Wildman–Crippen LogP) is 2.12. The molecule has 2 N–H and O–H groups in total. The van der Waals surface area contributed by atoms with E-state index < -0.39 is 34.6 Å². The minimum absolute atomic E-state index is 0.467. The van der Waals surface area contributed by atoms with Crippen molar-refractivity contribution in [2.75, 3.05) is 5.73 Å². The van der Waals surface area contributed by atoms with Crippen LogP contribution in [0, 0.1) is 5.95 Å². The Labute approximate surface area is 81.7 Å². The number of anilines is 1. The van der Waals surface area contributed by atoms with Gasteiger partial charge in [0.05, 0.1) is 11.3 Å². The van der Waals surface area contributed by atoms with E-state index in [0.717, 1.165) is 6.07 Å². The number of alkyl halides is 2. The van der Waals surface area contributed by atoms with Crippen LogP contribution in [0.1, 0.15) is 22.5 Å². The molecule has 0 saturated carbocycles. The Morgan fingerprint density at radius 2 is 2.14 bits per heavy atom. The van der Waals surface area contributed by atoms with E-state index in [0.29, 0.717) is 0 Å². The highest BCUT2D eigenvalue weighted by atomic mass is 35.5.